The van der Waals surface area contributed by atoms with Crippen molar-refractivity contribution in [1.29, 1.82) is 0 Å². The molecule has 0 radical (unpaired) electrons. The maximum Gasteiger partial charge on any atom is 0.256 e. The molecule has 6 heteroatoms. The van der Waals surface area contributed by atoms with E-state index in [0.29, 0.717) is 24.5 Å². The van der Waals surface area contributed by atoms with Crippen LogP contribution in [-0.2, 0) is 13.1 Å². The third-order valence-electron chi connectivity index (χ3n) is 5.23. The third kappa shape index (κ3) is 4.69. The number of pyridine rings is 2. The fraction of sp³-hybridized carbons (Fsp3) is 0.200. The van der Waals surface area contributed by atoms with E-state index in [1.54, 1.807) is 23.3 Å². The van der Waals surface area contributed by atoms with Crippen LogP contribution in [0, 0.1) is 20.8 Å². The van der Waals surface area contributed by atoms with Crippen LogP contribution in [0.3, 0.4) is 0 Å². The van der Waals surface area contributed by atoms with Gasteiger partial charge in [-0.1, -0.05) is 30.3 Å². The molecule has 1 aromatic carbocycles. The predicted octanol–water partition coefficient (Wildman–Crippen LogP) is 4.43. The Morgan fingerprint density at radius 2 is 1.81 bits per heavy atom. The third-order valence-corrected chi connectivity index (χ3v) is 5.23. The van der Waals surface area contributed by atoms with Gasteiger partial charge in [-0.2, -0.15) is 5.10 Å². The topological polar surface area (TPSA) is 63.9 Å². The van der Waals surface area contributed by atoms with E-state index < -0.39 is 0 Å². The Kier molecular flexibility index (Phi) is 5.89. The van der Waals surface area contributed by atoms with Crippen LogP contribution in [0.25, 0.3) is 5.82 Å². The highest BCUT2D eigenvalue weighted by Crippen LogP contribution is 2.17. The highest BCUT2D eigenvalue weighted by molar-refractivity contribution is 5.94. The summed E-state index contributed by atoms with van der Waals surface area (Å²) in [7, 11) is 0. The number of carbonyl (C=O) groups excluding carboxylic acids is 1. The van der Waals surface area contributed by atoms with Gasteiger partial charge >= 0.3 is 0 Å². The second-order valence-electron chi connectivity index (χ2n) is 7.69. The van der Waals surface area contributed by atoms with Crippen LogP contribution < -0.4 is 0 Å². The fourth-order valence-corrected chi connectivity index (χ4v) is 3.59. The summed E-state index contributed by atoms with van der Waals surface area (Å²) >= 11 is 0. The molecule has 0 saturated heterocycles. The molecule has 0 unspecified atom stereocenters. The Hall–Kier alpha value is -3.80. The summed E-state index contributed by atoms with van der Waals surface area (Å²) in [5, 5.41) is 4.46. The lowest BCUT2D eigenvalue weighted by Crippen LogP contribution is -2.30. The predicted molar refractivity (Wildman–Crippen MR) is 120 cm³/mol. The lowest BCUT2D eigenvalue weighted by atomic mass is 10.1. The van der Waals surface area contributed by atoms with E-state index in [0.717, 1.165) is 28.1 Å². The van der Waals surface area contributed by atoms with Crippen LogP contribution in [0.2, 0.25) is 0 Å². The van der Waals surface area contributed by atoms with Crippen molar-refractivity contribution in [3.8, 4) is 5.82 Å². The molecular formula is C25H25N5O. The van der Waals surface area contributed by atoms with Crippen LogP contribution in [0.5, 0.6) is 0 Å². The first-order valence-corrected chi connectivity index (χ1v) is 10.2. The fourth-order valence-electron chi connectivity index (χ4n) is 3.59. The highest BCUT2D eigenvalue weighted by atomic mass is 16.2. The number of hydrogen-bond acceptors (Lipinski definition) is 4. The van der Waals surface area contributed by atoms with Gasteiger partial charge in [-0.15, -0.1) is 0 Å². The number of rotatable bonds is 6. The Bertz CT molecular complexity index is 1180. The summed E-state index contributed by atoms with van der Waals surface area (Å²) < 4.78 is 1.78. The molecule has 3 heterocycles. The molecule has 0 bridgehead atoms. The quantitative estimate of drug-likeness (QED) is 0.471. The van der Waals surface area contributed by atoms with Gasteiger partial charge in [0, 0.05) is 37.4 Å². The molecule has 1 amide bonds. The number of nitrogens with zero attached hydrogens (tertiary/aromatic N) is 5. The first-order valence-electron chi connectivity index (χ1n) is 10.2. The number of benzene rings is 1. The number of hydrogen-bond donors (Lipinski definition) is 0. The Balaban J connectivity index is 1.61. The molecule has 0 atom stereocenters. The SMILES string of the molecule is Cc1cc(C)n(-c2ccc(C(=O)N(Cc3cccnc3)Cc3ccccc3C)cn2)n1. The number of aryl methyl sites for hydroxylation is 3. The maximum atomic E-state index is 13.4. The monoisotopic (exact) mass is 411 g/mol. The van der Waals surface area contributed by atoms with Crippen molar-refractivity contribution in [1.82, 2.24) is 24.6 Å². The van der Waals surface area contributed by atoms with Crippen LogP contribution in [0.4, 0.5) is 0 Å². The largest absolute Gasteiger partial charge is 0.330 e. The van der Waals surface area contributed by atoms with Gasteiger partial charge in [0.15, 0.2) is 5.82 Å². The normalized spacial score (nSPS) is 10.8. The molecule has 0 saturated carbocycles. The van der Waals surface area contributed by atoms with Crippen LogP contribution in [-0.4, -0.2) is 30.6 Å². The molecule has 156 valence electrons. The summed E-state index contributed by atoms with van der Waals surface area (Å²) in [6.45, 7) is 6.98. The molecule has 0 aliphatic heterocycles. The summed E-state index contributed by atoms with van der Waals surface area (Å²) in [5.74, 6) is 0.624. The van der Waals surface area contributed by atoms with Crippen LogP contribution >= 0.6 is 0 Å². The Labute approximate surface area is 182 Å². The Morgan fingerprint density at radius 1 is 0.968 bits per heavy atom. The van der Waals surface area contributed by atoms with Crippen LogP contribution in [0.15, 0.2) is 73.2 Å². The molecule has 0 aliphatic rings. The first-order chi connectivity index (χ1) is 15.0. The van der Waals surface area contributed by atoms with Crippen molar-refractivity contribution in [2.24, 2.45) is 0 Å². The number of amides is 1. The van der Waals surface area contributed by atoms with Gasteiger partial charge in [0.25, 0.3) is 5.91 Å². The molecule has 0 aliphatic carbocycles. The van der Waals surface area contributed by atoms with E-state index in [1.165, 1.54) is 0 Å². The van der Waals surface area contributed by atoms with Gasteiger partial charge in [0.2, 0.25) is 0 Å². The smallest absolute Gasteiger partial charge is 0.256 e. The lowest BCUT2D eigenvalue weighted by Gasteiger charge is -2.24. The molecule has 4 aromatic rings. The Morgan fingerprint density at radius 3 is 2.45 bits per heavy atom. The molecular weight excluding hydrogens is 386 g/mol. The molecule has 6 nitrogen and oxygen atoms in total. The average molecular weight is 412 g/mol. The van der Waals surface area contributed by atoms with Crippen LogP contribution in [0.1, 0.15) is 38.4 Å². The zero-order valence-corrected chi connectivity index (χ0v) is 18.0. The van der Waals surface area contributed by atoms with Gasteiger partial charge in [-0.3, -0.25) is 9.78 Å². The van der Waals surface area contributed by atoms with E-state index in [-0.39, 0.29) is 5.91 Å². The van der Waals surface area contributed by atoms with Crippen molar-refractivity contribution in [3.63, 3.8) is 0 Å². The minimum Gasteiger partial charge on any atom is -0.330 e. The number of carbonyl (C=O) groups is 1. The van der Waals surface area contributed by atoms with Gasteiger partial charge < -0.3 is 4.90 Å². The lowest BCUT2D eigenvalue weighted by molar-refractivity contribution is 0.0729. The van der Waals surface area contributed by atoms with Crippen molar-refractivity contribution in [3.05, 3.63) is 107 Å². The summed E-state index contributed by atoms with van der Waals surface area (Å²) in [5.41, 5.74) is 5.73. The number of aromatic nitrogens is 4. The molecule has 31 heavy (non-hydrogen) atoms. The average Bonchev–Trinajstić information content (AvgIpc) is 3.13. The van der Waals surface area contributed by atoms with Gasteiger partial charge in [-0.25, -0.2) is 9.67 Å². The van der Waals surface area contributed by atoms with Gasteiger partial charge in [0.1, 0.15) is 0 Å². The molecule has 4 rings (SSSR count). The molecule has 0 N–H and O–H groups in total. The molecule has 0 fully saturated rings. The zero-order chi connectivity index (χ0) is 21.8. The molecule has 3 aromatic heterocycles. The van der Waals surface area contributed by atoms with Gasteiger partial charge in [0.05, 0.1) is 11.3 Å². The van der Waals surface area contributed by atoms with Crippen molar-refractivity contribution < 1.29 is 4.79 Å². The van der Waals surface area contributed by atoms with E-state index >= 15 is 0 Å². The summed E-state index contributed by atoms with van der Waals surface area (Å²) in [6.07, 6.45) is 5.16. The van der Waals surface area contributed by atoms with Crippen molar-refractivity contribution in [2.75, 3.05) is 0 Å². The van der Waals surface area contributed by atoms with Crippen molar-refractivity contribution >= 4 is 5.91 Å². The minimum absolute atomic E-state index is 0.0699. The zero-order valence-electron chi connectivity index (χ0n) is 18.0. The second kappa shape index (κ2) is 8.92. The summed E-state index contributed by atoms with van der Waals surface area (Å²) in [6, 6.07) is 17.6. The van der Waals surface area contributed by atoms with Crippen molar-refractivity contribution in [2.45, 2.75) is 33.9 Å². The van der Waals surface area contributed by atoms with E-state index in [1.807, 2.05) is 61.2 Å². The minimum atomic E-state index is -0.0699. The highest BCUT2D eigenvalue weighted by Gasteiger charge is 2.18. The van der Waals surface area contributed by atoms with Gasteiger partial charge in [-0.05, 0) is 61.7 Å². The second-order valence-corrected chi connectivity index (χ2v) is 7.69. The summed E-state index contributed by atoms with van der Waals surface area (Å²) in [4.78, 5) is 23.9. The van der Waals surface area contributed by atoms with E-state index in [4.69, 9.17) is 0 Å². The maximum absolute atomic E-state index is 13.4. The van der Waals surface area contributed by atoms with E-state index in [2.05, 4.69) is 34.1 Å². The first kappa shape index (κ1) is 20.5. The standard InChI is InChI=1S/C25H25N5O/c1-18-7-4-5-9-23(18)17-29(16-21-8-6-12-26-14-21)25(31)22-10-11-24(27-15-22)30-20(3)13-19(2)28-30/h4-15H,16-17H2,1-3H3. The van der Waals surface area contributed by atoms with E-state index in [9.17, 15) is 4.79 Å². The molecule has 0 spiro atoms.